The van der Waals surface area contributed by atoms with Crippen molar-refractivity contribution in [1.82, 2.24) is 5.32 Å². The Morgan fingerprint density at radius 3 is 2.80 bits per heavy atom. The summed E-state index contributed by atoms with van der Waals surface area (Å²) in [6.45, 7) is 0.395. The molecule has 2 aliphatic rings. The molecule has 1 heterocycles. The van der Waals surface area contributed by atoms with Crippen LogP contribution in [0.15, 0.2) is 12.1 Å². The second-order valence-corrected chi connectivity index (χ2v) is 4.11. The molecule has 0 saturated heterocycles. The minimum absolute atomic E-state index is 0.0577. The van der Waals surface area contributed by atoms with Crippen LogP contribution in [0.2, 0.25) is 0 Å². The zero-order valence-electron chi connectivity index (χ0n) is 8.09. The van der Waals surface area contributed by atoms with Crippen molar-refractivity contribution < 1.29 is 13.5 Å². The number of benzene rings is 1. The van der Waals surface area contributed by atoms with Gasteiger partial charge in [0.2, 0.25) is 0 Å². The maximum Gasteiger partial charge on any atom is 0.168 e. The second-order valence-electron chi connectivity index (χ2n) is 4.11. The van der Waals surface area contributed by atoms with Crippen LogP contribution in [0.1, 0.15) is 24.4 Å². The van der Waals surface area contributed by atoms with Crippen LogP contribution in [-0.2, 0) is 0 Å². The van der Waals surface area contributed by atoms with Gasteiger partial charge in [-0.25, -0.2) is 8.78 Å². The van der Waals surface area contributed by atoms with Crippen molar-refractivity contribution in [2.75, 3.05) is 6.61 Å². The SMILES string of the molecule is Fc1cc(F)c2c(c1)C(NC1CC1)CO2. The van der Waals surface area contributed by atoms with Gasteiger partial charge in [-0.15, -0.1) is 0 Å². The van der Waals surface area contributed by atoms with Crippen molar-refractivity contribution >= 4 is 0 Å². The van der Waals surface area contributed by atoms with Gasteiger partial charge in [-0.05, 0) is 18.9 Å². The number of fused-ring (bicyclic) bond motifs is 1. The van der Waals surface area contributed by atoms with Crippen molar-refractivity contribution in [2.45, 2.75) is 24.9 Å². The van der Waals surface area contributed by atoms with Gasteiger partial charge >= 0.3 is 0 Å². The van der Waals surface area contributed by atoms with E-state index in [1.165, 1.54) is 6.07 Å². The monoisotopic (exact) mass is 211 g/mol. The summed E-state index contributed by atoms with van der Waals surface area (Å²) < 4.78 is 31.5. The molecule has 2 nitrogen and oxygen atoms in total. The first kappa shape index (κ1) is 9.09. The molecule has 3 rings (SSSR count). The van der Waals surface area contributed by atoms with Gasteiger partial charge in [0.15, 0.2) is 11.6 Å². The van der Waals surface area contributed by atoms with E-state index in [0.29, 0.717) is 18.2 Å². The maximum atomic E-state index is 13.3. The Morgan fingerprint density at radius 1 is 1.27 bits per heavy atom. The molecule has 1 aromatic carbocycles. The fourth-order valence-electron chi connectivity index (χ4n) is 1.92. The van der Waals surface area contributed by atoms with E-state index < -0.39 is 11.6 Å². The number of rotatable bonds is 2. The van der Waals surface area contributed by atoms with Crippen LogP contribution in [0.5, 0.6) is 5.75 Å². The number of hydrogen-bond acceptors (Lipinski definition) is 2. The van der Waals surface area contributed by atoms with Gasteiger partial charge in [-0.3, -0.25) is 0 Å². The highest BCUT2D eigenvalue weighted by molar-refractivity contribution is 5.41. The summed E-state index contributed by atoms with van der Waals surface area (Å²) in [5.74, 6) is -0.945. The van der Waals surface area contributed by atoms with E-state index in [9.17, 15) is 8.78 Å². The minimum Gasteiger partial charge on any atom is -0.488 e. The van der Waals surface area contributed by atoms with Gasteiger partial charge in [0, 0.05) is 17.7 Å². The average Bonchev–Trinajstić information content (AvgIpc) is 2.89. The summed E-state index contributed by atoms with van der Waals surface area (Å²) in [5, 5.41) is 3.31. The molecule has 1 fully saturated rings. The summed E-state index contributed by atoms with van der Waals surface area (Å²) in [4.78, 5) is 0. The summed E-state index contributed by atoms with van der Waals surface area (Å²) in [6, 6.07) is 2.65. The van der Waals surface area contributed by atoms with Crippen LogP contribution in [0.4, 0.5) is 8.78 Å². The molecule has 1 atom stereocenters. The first-order valence-corrected chi connectivity index (χ1v) is 5.12. The standard InChI is InChI=1S/C11H11F2NO/c12-6-3-8-10(14-7-1-2-7)5-15-11(8)9(13)4-6/h3-4,7,10,14H,1-2,5H2. The van der Waals surface area contributed by atoms with Crippen LogP contribution in [0.3, 0.4) is 0 Å². The minimum atomic E-state index is -0.606. The molecule has 0 aromatic heterocycles. The summed E-state index contributed by atoms with van der Waals surface area (Å²) in [6.07, 6.45) is 2.28. The van der Waals surface area contributed by atoms with E-state index in [4.69, 9.17) is 4.74 Å². The Kier molecular flexibility index (Phi) is 1.92. The molecule has 1 aromatic rings. The van der Waals surface area contributed by atoms with E-state index in [0.717, 1.165) is 18.9 Å². The van der Waals surface area contributed by atoms with Crippen LogP contribution in [-0.4, -0.2) is 12.6 Å². The largest absolute Gasteiger partial charge is 0.488 e. The van der Waals surface area contributed by atoms with Crippen molar-refractivity contribution in [3.05, 3.63) is 29.3 Å². The fourth-order valence-corrected chi connectivity index (χ4v) is 1.92. The van der Waals surface area contributed by atoms with Gasteiger partial charge in [0.1, 0.15) is 12.4 Å². The van der Waals surface area contributed by atoms with E-state index >= 15 is 0 Å². The molecule has 4 heteroatoms. The number of ether oxygens (including phenoxy) is 1. The molecule has 1 N–H and O–H groups in total. The Labute approximate surface area is 86.2 Å². The lowest BCUT2D eigenvalue weighted by atomic mass is 10.1. The Hall–Kier alpha value is -1.16. The van der Waals surface area contributed by atoms with Gasteiger partial charge in [0.05, 0.1) is 6.04 Å². The molecule has 0 spiro atoms. The van der Waals surface area contributed by atoms with Crippen LogP contribution >= 0.6 is 0 Å². The molecule has 1 aliphatic heterocycles. The maximum absolute atomic E-state index is 13.3. The predicted octanol–water partition coefficient (Wildman–Crippen LogP) is 2.15. The molecular weight excluding hydrogens is 200 g/mol. The van der Waals surface area contributed by atoms with Crippen molar-refractivity contribution in [2.24, 2.45) is 0 Å². The quantitative estimate of drug-likeness (QED) is 0.809. The van der Waals surface area contributed by atoms with E-state index in [1.54, 1.807) is 0 Å². The first-order chi connectivity index (χ1) is 7.24. The Balaban J connectivity index is 1.93. The molecule has 0 amide bonds. The Morgan fingerprint density at radius 2 is 2.07 bits per heavy atom. The van der Waals surface area contributed by atoms with Crippen LogP contribution in [0, 0.1) is 11.6 Å². The highest BCUT2D eigenvalue weighted by Gasteiger charge is 2.32. The topological polar surface area (TPSA) is 21.3 Å². The van der Waals surface area contributed by atoms with Crippen molar-refractivity contribution in [3.63, 3.8) is 0 Å². The van der Waals surface area contributed by atoms with Crippen molar-refractivity contribution in [1.29, 1.82) is 0 Å². The van der Waals surface area contributed by atoms with Gasteiger partial charge in [-0.1, -0.05) is 0 Å². The van der Waals surface area contributed by atoms with E-state index in [1.807, 2.05) is 0 Å². The number of nitrogens with one attached hydrogen (secondary N) is 1. The van der Waals surface area contributed by atoms with Crippen LogP contribution in [0.25, 0.3) is 0 Å². The zero-order valence-corrected chi connectivity index (χ0v) is 8.09. The van der Waals surface area contributed by atoms with Gasteiger partial charge < -0.3 is 10.1 Å². The molecule has 15 heavy (non-hydrogen) atoms. The molecular formula is C11H11F2NO. The Bertz CT molecular complexity index is 404. The molecule has 0 radical (unpaired) electrons. The third-order valence-corrected chi connectivity index (χ3v) is 2.82. The van der Waals surface area contributed by atoms with E-state index in [2.05, 4.69) is 5.32 Å². The summed E-state index contributed by atoms with van der Waals surface area (Å²) in [7, 11) is 0. The molecule has 0 bridgehead atoms. The molecule has 1 saturated carbocycles. The van der Waals surface area contributed by atoms with Gasteiger partial charge in [0.25, 0.3) is 0 Å². The summed E-state index contributed by atoms with van der Waals surface area (Å²) >= 11 is 0. The third-order valence-electron chi connectivity index (χ3n) is 2.82. The zero-order chi connectivity index (χ0) is 10.4. The molecule has 1 unspecified atom stereocenters. The molecule has 1 aliphatic carbocycles. The smallest absolute Gasteiger partial charge is 0.168 e. The highest BCUT2D eigenvalue weighted by atomic mass is 19.1. The lowest BCUT2D eigenvalue weighted by molar-refractivity contribution is 0.299. The highest BCUT2D eigenvalue weighted by Crippen LogP contribution is 2.37. The van der Waals surface area contributed by atoms with Crippen LogP contribution < -0.4 is 10.1 Å². The van der Waals surface area contributed by atoms with E-state index in [-0.39, 0.29) is 11.8 Å². The normalized spacial score (nSPS) is 23.7. The number of hydrogen-bond donors (Lipinski definition) is 1. The lowest BCUT2D eigenvalue weighted by Crippen LogP contribution is -2.24. The second kappa shape index (κ2) is 3.17. The first-order valence-electron chi connectivity index (χ1n) is 5.12. The number of halogens is 2. The van der Waals surface area contributed by atoms with Gasteiger partial charge in [-0.2, -0.15) is 0 Å². The predicted molar refractivity (Wildman–Crippen MR) is 50.8 cm³/mol. The lowest BCUT2D eigenvalue weighted by Gasteiger charge is -2.09. The van der Waals surface area contributed by atoms with Crippen molar-refractivity contribution in [3.8, 4) is 5.75 Å². The fraction of sp³-hybridized carbons (Fsp3) is 0.455. The third kappa shape index (κ3) is 1.59. The summed E-state index contributed by atoms with van der Waals surface area (Å²) in [5.41, 5.74) is 0.611. The molecule has 80 valence electrons. The average molecular weight is 211 g/mol.